The van der Waals surface area contributed by atoms with Crippen LogP contribution in [0, 0.1) is 12.7 Å². The number of halogens is 1. The maximum absolute atomic E-state index is 13.0. The smallest absolute Gasteiger partial charge is 0.334 e. The predicted octanol–water partition coefficient (Wildman–Crippen LogP) is 1.45. The molecule has 2 rings (SSSR count). The molecule has 2 amide bonds. The van der Waals surface area contributed by atoms with Crippen molar-refractivity contribution in [3.8, 4) is 0 Å². The number of hydrogen-bond donors (Lipinski definition) is 2. The summed E-state index contributed by atoms with van der Waals surface area (Å²) >= 11 is 0. The van der Waals surface area contributed by atoms with Gasteiger partial charge in [-0.1, -0.05) is 0 Å². The number of carbonyl (C=O) groups excluding carboxylic acids is 1. The topological polar surface area (TPSA) is 78.9 Å². The lowest BCUT2D eigenvalue weighted by Gasteiger charge is -2.31. The van der Waals surface area contributed by atoms with E-state index in [1.54, 1.807) is 6.92 Å². The SMILES string of the molecule is Cc1cc(F)ccc1NC(=O)N1CCOC(C(=O)O)C1. The molecule has 1 aliphatic rings. The zero-order valence-electron chi connectivity index (χ0n) is 10.9. The van der Waals surface area contributed by atoms with Gasteiger partial charge in [0.25, 0.3) is 0 Å². The Bertz CT molecular complexity index is 535. The highest BCUT2D eigenvalue weighted by molar-refractivity contribution is 5.90. The molecule has 108 valence electrons. The van der Waals surface area contributed by atoms with Crippen LogP contribution in [0.15, 0.2) is 18.2 Å². The van der Waals surface area contributed by atoms with Crippen LogP contribution in [-0.4, -0.2) is 47.8 Å². The monoisotopic (exact) mass is 282 g/mol. The van der Waals surface area contributed by atoms with Gasteiger partial charge in [-0.3, -0.25) is 0 Å². The molecule has 0 spiro atoms. The molecule has 1 aliphatic heterocycles. The number of aryl methyl sites for hydroxylation is 1. The lowest BCUT2D eigenvalue weighted by atomic mass is 10.2. The third kappa shape index (κ3) is 3.24. The van der Waals surface area contributed by atoms with Crippen LogP contribution >= 0.6 is 0 Å². The Morgan fingerprint density at radius 2 is 2.25 bits per heavy atom. The van der Waals surface area contributed by atoms with Gasteiger partial charge in [-0.05, 0) is 30.7 Å². The van der Waals surface area contributed by atoms with Crippen LogP contribution in [0.25, 0.3) is 0 Å². The lowest BCUT2D eigenvalue weighted by molar-refractivity contribution is -0.154. The Kier molecular flexibility index (Phi) is 4.19. The van der Waals surface area contributed by atoms with E-state index in [-0.39, 0.29) is 19.0 Å². The molecule has 0 radical (unpaired) electrons. The van der Waals surface area contributed by atoms with E-state index in [0.717, 1.165) is 0 Å². The maximum Gasteiger partial charge on any atom is 0.334 e. The number of ether oxygens (including phenoxy) is 1. The molecule has 0 aromatic heterocycles. The Hall–Kier alpha value is -2.15. The molecule has 0 aliphatic carbocycles. The van der Waals surface area contributed by atoms with E-state index in [0.29, 0.717) is 17.8 Å². The highest BCUT2D eigenvalue weighted by Crippen LogP contribution is 2.17. The van der Waals surface area contributed by atoms with E-state index >= 15 is 0 Å². The Morgan fingerprint density at radius 3 is 2.90 bits per heavy atom. The zero-order chi connectivity index (χ0) is 14.7. The number of carboxylic acid groups (broad SMARTS) is 1. The number of amides is 2. The summed E-state index contributed by atoms with van der Waals surface area (Å²) in [5.41, 5.74) is 1.09. The number of hydrogen-bond acceptors (Lipinski definition) is 3. The van der Waals surface area contributed by atoms with Gasteiger partial charge in [0.2, 0.25) is 0 Å². The standard InChI is InChI=1S/C13H15FN2O4/c1-8-6-9(14)2-3-10(8)15-13(19)16-4-5-20-11(7-16)12(17)18/h2-3,6,11H,4-5,7H2,1H3,(H,15,19)(H,17,18). The second kappa shape index (κ2) is 5.87. The quantitative estimate of drug-likeness (QED) is 0.860. The number of benzene rings is 1. The Balaban J connectivity index is 2.02. The number of aliphatic carboxylic acids is 1. The molecular weight excluding hydrogens is 267 g/mol. The third-order valence-electron chi connectivity index (χ3n) is 3.06. The van der Waals surface area contributed by atoms with E-state index in [1.165, 1.54) is 23.1 Å². The van der Waals surface area contributed by atoms with Crippen LogP contribution in [0.2, 0.25) is 0 Å². The predicted molar refractivity (Wildman–Crippen MR) is 69.1 cm³/mol. The van der Waals surface area contributed by atoms with Crippen molar-refractivity contribution in [2.24, 2.45) is 0 Å². The first kappa shape index (κ1) is 14.3. The number of carbonyl (C=O) groups is 2. The first-order chi connectivity index (χ1) is 9.47. The number of anilines is 1. The van der Waals surface area contributed by atoms with E-state index in [9.17, 15) is 14.0 Å². The van der Waals surface area contributed by atoms with Crippen molar-refractivity contribution in [1.82, 2.24) is 4.90 Å². The van der Waals surface area contributed by atoms with Crippen molar-refractivity contribution in [1.29, 1.82) is 0 Å². The van der Waals surface area contributed by atoms with E-state index in [4.69, 9.17) is 9.84 Å². The van der Waals surface area contributed by atoms with Crippen molar-refractivity contribution >= 4 is 17.7 Å². The van der Waals surface area contributed by atoms with Crippen LogP contribution in [0.5, 0.6) is 0 Å². The number of carboxylic acids is 1. The molecule has 1 atom stereocenters. The van der Waals surface area contributed by atoms with Crippen molar-refractivity contribution in [2.45, 2.75) is 13.0 Å². The Morgan fingerprint density at radius 1 is 1.50 bits per heavy atom. The molecule has 1 fully saturated rings. The normalized spacial score (nSPS) is 18.7. The highest BCUT2D eigenvalue weighted by atomic mass is 19.1. The van der Waals surface area contributed by atoms with Gasteiger partial charge >= 0.3 is 12.0 Å². The first-order valence-electron chi connectivity index (χ1n) is 6.14. The second-order valence-corrected chi connectivity index (χ2v) is 4.53. The van der Waals surface area contributed by atoms with Gasteiger partial charge in [0.1, 0.15) is 5.82 Å². The van der Waals surface area contributed by atoms with Gasteiger partial charge in [-0.25, -0.2) is 14.0 Å². The van der Waals surface area contributed by atoms with Gasteiger partial charge < -0.3 is 20.1 Å². The van der Waals surface area contributed by atoms with E-state index in [1.807, 2.05) is 0 Å². The number of rotatable bonds is 2. The molecule has 2 N–H and O–H groups in total. The fourth-order valence-electron chi connectivity index (χ4n) is 1.94. The van der Waals surface area contributed by atoms with Gasteiger partial charge in [0.15, 0.2) is 6.10 Å². The van der Waals surface area contributed by atoms with Crippen molar-refractivity contribution in [3.05, 3.63) is 29.6 Å². The average Bonchev–Trinajstić information content (AvgIpc) is 2.42. The summed E-state index contributed by atoms with van der Waals surface area (Å²) < 4.78 is 18.0. The minimum atomic E-state index is -1.10. The van der Waals surface area contributed by atoms with Gasteiger partial charge in [0, 0.05) is 12.2 Å². The van der Waals surface area contributed by atoms with Gasteiger partial charge in [-0.15, -0.1) is 0 Å². The van der Waals surface area contributed by atoms with E-state index in [2.05, 4.69) is 5.32 Å². The summed E-state index contributed by atoms with van der Waals surface area (Å²) in [5, 5.41) is 11.5. The van der Waals surface area contributed by atoms with Crippen LogP contribution in [0.4, 0.5) is 14.9 Å². The minimum absolute atomic E-state index is 0.0125. The summed E-state index contributed by atoms with van der Waals surface area (Å²) in [4.78, 5) is 24.3. The summed E-state index contributed by atoms with van der Waals surface area (Å²) in [5.74, 6) is -1.47. The number of morpholine rings is 1. The van der Waals surface area contributed by atoms with Gasteiger partial charge in [-0.2, -0.15) is 0 Å². The fraction of sp³-hybridized carbons (Fsp3) is 0.385. The summed E-state index contributed by atoms with van der Waals surface area (Å²) in [7, 11) is 0. The van der Waals surface area contributed by atoms with Crippen LogP contribution in [0.3, 0.4) is 0 Å². The van der Waals surface area contributed by atoms with Gasteiger partial charge in [0.05, 0.1) is 13.2 Å². The Labute approximate surface area is 115 Å². The van der Waals surface area contributed by atoms with Crippen LogP contribution in [-0.2, 0) is 9.53 Å². The molecule has 1 saturated heterocycles. The van der Waals surface area contributed by atoms with Crippen LogP contribution < -0.4 is 5.32 Å². The molecule has 0 saturated carbocycles. The van der Waals surface area contributed by atoms with Crippen molar-refractivity contribution in [2.75, 3.05) is 25.0 Å². The molecule has 6 nitrogen and oxygen atoms in total. The number of urea groups is 1. The third-order valence-corrected chi connectivity index (χ3v) is 3.06. The zero-order valence-corrected chi connectivity index (χ0v) is 10.9. The molecule has 0 bridgehead atoms. The molecule has 1 aromatic carbocycles. The summed E-state index contributed by atoms with van der Waals surface area (Å²) in [6.07, 6.45) is -1.01. The molecule has 20 heavy (non-hydrogen) atoms. The molecule has 1 aromatic rings. The maximum atomic E-state index is 13.0. The van der Waals surface area contributed by atoms with E-state index < -0.39 is 18.1 Å². The molecule has 7 heteroatoms. The largest absolute Gasteiger partial charge is 0.479 e. The van der Waals surface area contributed by atoms with Crippen LogP contribution in [0.1, 0.15) is 5.56 Å². The number of nitrogens with zero attached hydrogens (tertiary/aromatic N) is 1. The lowest BCUT2D eigenvalue weighted by Crippen LogP contribution is -2.49. The first-order valence-corrected chi connectivity index (χ1v) is 6.14. The molecule has 1 unspecified atom stereocenters. The van der Waals surface area contributed by atoms with Crippen molar-refractivity contribution in [3.63, 3.8) is 0 Å². The van der Waals surface area contributed by atoms with Crippen molar-refractivity contribution < 1.29 is 23.8 Å². The highest BCUT2D eigenvalue weighted by Gasteiger charge is 2.29. The molecule has 1 heterocycles. The fourth-order valence-corrected chi connectivity index (χ4v) is 1.94. The average molecular weight is 282 g/mol. The molecular formula is C13H15FN2O4. The summed E-state index contributed by atoms with van der Waals surface area (Å²) in [6.45, 7) is 2.15. The second-order valence-electron chi connectivity index (χ2n) is 4.53. The minimum Gasteiger partial charge on any atom is -0.479 e. The summed E-state index contributed by atoms with van der Waals surface area (Å²) in [6, 6.07) is 3.61. The number of nitrogens with one attached hydrogen (secondary N) is 1.